The molecule has 0 saturated heterocycles. The summed E-state index contributed by atoms with van der Waals surface area (Å²) in [6.07, 6.45) is 1.45. The van der Waals surface area contributed by atoms with Crippen LogP contribution in [0.2, 0.25) is 0 Å². The number of benzene rings is 1. The lowest BCUT2D eigenvalue weighted by Gasteiger charge is -2.03. The van der Waals surface area contributed by atoms with E-state index in [1.54, 1.807) is 19.2 Å². The second-order valence-corrected chi connectivity index (χ2v) is 2.95. The van der Waals surface area contributed by atoms with Gasteiger partial charge in [-0.25, -0.2) is 4.98 Å². The maximum absolute atomic E-state index is 9.61. The van der Waals surface area contributed by atoms with Gasteiger partial charge >= 0.3 is 0 Å². The predicted octanol–water partition coefficient (Wildman–Crippen LogP) is 1.64. The van der Waals surface area contributed by atoms with Crippen LogP contribution in [0.1, 0.15) is 0 Å². The molecule has 15 heavy (non-hydrogen) atoms. The van der Waals surface area contributed by atoms with Crippen molar-refractivity contribution in [3.05, 3.63) is 24.4 Å². The van der Waals surface area contributed by atoms with Crippen LogP contribution in [0.3, 0.4) is 0 Å². The molecule has 0 saturated carbocycles. The van der Waals surface area contributed by atoms with Crippen LogP contribution in [0.4, 0.5) is 6.01 Å². The summed E-state index contributed by atoms with van der Waals surface area (Å²) in [5, 5.41) is 9.61. The largest absolute Gasteiger partial charge is 0.507 e. The van der Waals surface area contributed by atoms with E-state index in [0.717, 1.165) is 0 Å². The molecule has 2 rings (SSSR count). The van der Waals surface area contributed by atoms with Crippen molar-refractivity contribution in [2.24, 2.45) is 0 Å². The second-order valence-electron chi connectivity index (χ2n) is 2.95. The maximum Gasteiger partial charge on any atom is 0.292 e. The van der Waals surface area contributed by atoms with Crippen molar-refractivity contribution in [3.8, 4) is 22.8 Å². The normalized spacial score (nSPS) is 10.2. The van der Waals surface area contributed by atoms with Crippen molar-refractivity contribution in [2.75, 3.05) is 12.8 Å². The van der Waals surface area contributed by atoms with Crippen LogP contribution in [0.15, 0.2) is 28.8 Å². The molecule has 0 aliphatic rings. The first-order chi connectivity index (χ1) is 7.20. The lowest BCUT2D eigenvalue weighted by molar-refractivity contribution is 0.412. The molecular weight excluding hydrogens is 196 g/mol. The number of methoxy groups -OCH3 is 1. The number of anilines is 1. The molecule has 0 aliphatic heterocycles. The zero-order valence-electron chi connectivity index (χ0n) is 8.10. The number of hydrogen-bond acceptors (Lipinski definition) is 5. The van der Waals surface area contributed by atoms with Gasteiger partial charge in [-0.2, -0.15) is 0 Å². The Hall–Kier alpha value is -2.17. The fourth-order valence-corrected chi connectivity index (χ4v) is 1.25. The van der Waals surface area contributed by atoms with Crippen molar-refractivity contribution in [1.29, 1.82) is 0 Å². The molecule has 5 heteroatoms. The highest BCUT2D eigenvalue weighted by Crippen LogP contribution is 2.33. The average molecular weight is 206 g/mol. The number of ether oxygens (including phenoxy) is 1. The Morgan fingerprint density at radius 1 is 1.47 bits per heavy atom. The molecule has 3 N–H and O–H groups in total. The van der Waals surface area contributed by atoms with E-state index in [2.05, 4.69) is 4.98 Å². The summed E-state index contributed by atoms with van der Waals surface area (Å²) < 4.78 is 10.1. The zero-order valence-corrected chi connectivity index (χ0v) is 8.10. The van der Waals surface area contributed by atoms with Crippen molar-refractivity contribution < 1.29 is 14.3 Å². The number of hydrogen-bond donors (Lipinski definition) is 2. The van der Waals surface area contributed by atoms with E-state index in [1.807, 2.05) is 0 Å². The topological polar surface area (TPSA) is 81.5 Å². The molecule has 0 amide bonds. The van der Waals surface area contributed by atoms with E-state index in [9.17, 15) is 5.11 Å². The molecule has 0 atom stereocenters. The fraction of sp³-hybridized carbons (Fsp3) is 0.100. The smallest absolute Gasteiger partial charge is 0.292 e. The molecule has 1 heterocycles. The molecule has 0 unspecified atom stereocenters. The number of phenols is 1. The summed E-state index contributed by atoms with van der Waals surface area (Å²) in [6, 6.07) is 4.88. The van der Waals surface area contributed by atoms with E-state index in [-0.39, 0.29) is 11.8 Å². The van der Waals surface area contributed by atoms with Gasteiger partial charge in [0, 0.05) is 0 Å². The van der Waals surface area contributed by atoms with Crippen LogP contribution in [-0.4, -0.2) is 17.2 Å². The van der Waals surface area contributed by atoms with E-state index in [1.165, 1.54) is 12.3 Å². The number of nitrogens with zero attached hydrogens (tertiary/aromatic N) is 1. The van der Waals surface area contributed by atoms with Crippen molar-refractivity contribution in [1.82, 2.24) is 4.98 Å². The highest BCUT2D eigenvalue weighted by atomic mass is 16.5. The van der Waals surface area contributed by atoms with Crippen LogP contribution < -0.4 is 10.5 Å². The highest BCUT2D eigenvalue weighted by molar-refractivity contribution is 5.67. The van der Waals surface area contributed by atoms with Gasteiger partial charge in [0.2, 0.25) is 0 Å². The van der Waals surface area contributed by atoms with E-state index in [0.29, 0.717) is 17.1 Å². The van der Waals surface area contributed by atoms with Crippen LogP contribution in [0, 0.1) is 0 Å². The second kappa shape index (κ2) is 3.53. The Morgan fingerprint density at radius 2 is 2.27 bits per heavy atom. The predicted molar refractivity (Wildman–Crippen MR) is 54.6 cm³/mol. The summed E-state index contributed by atoms with van der Waals surface area (Å²) in [5.41, 5.74) is 5.84. The molecule has 1 aromatic carbocycles. The number of nitrogens with two attached hydrogens (primary N) is 1. The minimum atomic E-state index is 0.0622. The Balaban J connectivity index is 2.51. The van der Waals surface area contributed by atoms with E-state index < -0.39 is 0 Å². The van der Waals surface area contributed by atoms with Gasteiger partial charge in [0.1, 0.15) is 11.5 Å². The maximum atomic E-state index is 9.61. The number of phenolic OH excluding ortho intramolecular Hbond substituents is 1. The Morgan fingerprint density at radius 3 is 2.87 bits per heavy atom. The highest BCUT2D eigenvalue weighted by Gasteiger charge is 2.10. The Bertz CT molecular complexity index is 479. The number of nitrogen functional groups attached to an aromatic ring is 1. The lowest BCUT2D eigenvalue weighted by Crippen LogP contribution is -1.84. The standard InChI is InChI=1S/C10H10N2O3/c1-14-6-2-3-8(13)7(4-6)9-5-12-10(11)15-9/h2-5,13H,1H3,(H2,11,12). The lowest BCUT2D eigenvalue weighted by atomic mass is 10.1. The van der Waals surface area contributed by atoms with Crippen LogP contribution in [0.25, 0.3) is 11.3 Å². The van der Waals surface area contributed by atoms with Crippen LogP contribution in [0.5, 0.6) is 11.5 Å². The summed E-state index contributed by atoms with van der Waals surface area (Å²) in [4.78, 5) is 3.75. The Kier molecular flexibility index (Phi) is 2.21. The van der Waals surface area contributed by atoms with Gasteiger partial charge in [0.15, 0.2) is 5.76 Å². The van der Waals surface area contributed by atoms with E-state index in [4.69, 9.17) is 14.9 Å². The zero-order chi connectivity index (χ0) is 10.8. The first kappa shape index (κ1) is 9.39. The monoisotopic (exact) mass is 206 g/mol. The first-order valence-corrected chi connectivity index (χ1v) is 4.29. The SMILES string of the molecule is COc1ccc(O)c(-c2cnc(N)o2)c1. The molecule has 0 spiro atoms. The third-order valence-electron chi connectivity index (χ3n) is 1.99. The third kappa shape index (κ3) is 1.71. The molecule has 2 aromatic rings. The summed E-state index contributed by atoms with van der Waals surface area (Å²) in [6.45, 7) is 0. The van der Waals surface area contributed by atoms with Crippen LogP contribution in [-0.2, 0) is 0 Å². The van der Waals surface area contributed by atoms with Gasteiger partial charge in [0.25, 0.3) is 6.01 Å². The molecule has 0 bridgehead atoms. The van der Waals surface area contributed by atoms with Gasteiger partial charge in [-0.05, 0) is 18.2 Å². The molecule has 0 aliphatic carbocycles. The molecule has 0 fully saturated rings. The minimum Gasteiger partial charge on any atom is -0.507 e. The number of rotatable bonds is 2. The fourth-order valence-electron chi connectivity index (χ4n) is 1.25. The van der Waals surface area contributed by atoms with E-state index >= 15 is 0 Å². The molecule has 5 nitrogen and oxygen atoms in total. The van der Waals surface area contributed by atoms with Gasteiger partial charge in [-0.1, -0.05) is 0 Å². The quantitative estimate of drug-likeness (QED) is 0.780. The summed E-state index contributed by atoms with van der Waals surface area (Å²) in [7, 11) is 1.55. The molecule has 78 valence electrons. The molecule has 1 aromatic heterocycles. The van der Waals surface area contributed by atoms with Crippen molar-refractivity contribution in [3.63, 3.8) is 0 Å². The number of aromatic hydroxyl groups is 1. The van der Waals surface area contributed by atoms with Gasteiger partial charge < -0.3 is 20.0 Å². The molecule has 0 radical (unpaired) electrons. The average Bonchev–Trinajstić information content (AvgIpc) is 2.65. The first-order valence-electron chi connectivity index (χ1n) is 4.29. The summed E-state index contributed by atoms with van der Waals surface area (Å²) >= 11 is 0. The summed E-state index contributed by atoms with van der Waals surface area (Å²) in [5.74, 6) is 1.12. The third-order valence-corrected chi connectivity index (χ3v) is 1.99. The number of aromatic nitrogens is 1. The molecular formula is C10H10N2O3. The minimum absolute atomic E-state index is 0.0622. The number of oxazole rings is 1. The Labute approximate surface area is 86.1 Å². The van der Waals surface area contributed by atoms with Crippen molar-refractivity contribution >= 4 is 6.01 Å². The van der Waals surface area contributed by atoms with Gasteiger partial charge in [-0.15, -0.1) is 0 Å². The van der Waals surface area contributed by atoms with Crippen LogP contribution >= 0.6 is 0 Å². The van der Waals surface area contributed by atoms with Gasteiger partial charge in [-0.3, -0.25) is 0 Å². The van der Waals surface area contributed by atoms with Crippen molar-refractivity contribution in [2.45, 2.75) is 0 Å². The van der Waals surface area contributed by atoms with Gasteiger partial charge in [0.05, 0.1) is 18.9 Å².